The van der Waals surface area contributed by atoms with Crippen LogP contribution in [0.3, 0.4) is 0 Å². The summed E-state index contributed by atoms with van der Waals surface area (Å²) < 4.78 is 0. The average Bonchev–Trinajstić information content (AvgIpc) is 3.38. The topological polar surface area (TPSA) is 29.1 Å². The molecule has 5 rings (SSSR count). The van der Waals surface area contributed by atoms with E-state index >= 15 is 0 Å². The second-order valence-corrected chi connectivity index (χ2v) is 10.4. The van der Waals surface area contributed by atoms with Crippen molar-refractivity contribution in [3.63, 3.8) is 0 Å². The fourth-order valence-electron chi connectivity index (χ4n) is 6.34. The maximum absolute atomic E-state index is 12.4. The number of benzene rings is 2. The maximum Gasteiger partial charge on any atom is 0.163 e. The molecule has 0 spiro atoms. The van der Waals surface area contributed by atoms with E-state index in [1.807, 2.05) is 0 Å². The number of ketones is 1. The fourth-order valence-corrected chi connectivity index (χ4v) is 6.34. The highest BCUT2D eigenvalue weighted by Gasteiger charge is 2.34. The number of rotatable bonds is 6. The quantitative estimate of drug-likeness (QED) is 0.474. The Morgan fingerprint density at radius 2 is 1.68 bits per heavy atom. The second kappa shape index (κ2) is 11.0. The van der Waals surface area contributed by atoms with Crippen molar-refractivity contribution < 1.29 is 4.79 Å². The van der Waals surface area contributed by atoms with E-state index in [0.29, 0.717) is 30.0 Å². The molecule has 2 nitrogen and oxygen atoms in total. The smallest absolute Gasteiger partial charge is 0.163 e. The molecule has 0 radical (unpaired) electrons. The lowest BCUT2D eigenvalue weighted by Gasteiger charge is -2.27. The molecule has 2 aromatic rings. The van der Waals surface area contributed by atoms with Crippen LogP contribution in [-0.2, 0) is 6.42 Å². The lowest BCUT2D eigenvalue weighted by molar-refractivity contribution is 0.0994. The highest BCUT2D eigenvalue weighted by atomic mass is 16.1. The molecule has 182 valence electrons. The van der Waals surface area contributed by atoms with Crippen LogP contribution in [0.4, 0.5) is 0 Å². The van der Waals surface area contributed by atoms with Gasteiger partial charge in [0.25, 0.3) is 0 Å². The molecule has 3 unspecified atom stereocenters. The molecule has 0 saturated heterocycles. The van der Waals surface area contributed by atoms with E-state index in [-0.39, 0.29) is 0 Å². The fraction of sp³-hybridized carbons (Fsp3) is 0.531. The first-order valence-corrected chi connectivity index (χ1v) is 13.8. The van der Waals surface area contributed by atoms with E-state index in [1.165, 1.54) is 65.5 Å². The molecule has 3 aliphatic carbocycles. The highest BCUT2D eigenvalue weighted by molar-refractivity contribution is 6.03. The molecule has 0 fully saturated rings. The lowest BCUT2D eigenvalue weighted by atomic mass is 9.78. The Morgan fingerprint density at radius 1 is 0.912 bits per heavy atom. The Bertz CT molecular complexity index is 1060. The van der Waals surface area contributed by atoms with Crippen LogP contribution in [0.25, 0.3) is 16.7 Å². The standard InChI is InChI=1S/C28H32O.C4H11N/c1-4-6-20-21-10-9-19(25-15-17(3)7-8-18(25)5-2)16-26(21)28-23(20)12-11-22-24(28)13-14-27(22)29;1-3-5-4-2/h9-12,15-18,20H,4-8,13-14H2,1-3H3;5H,3-4H2,1-2H3. The van der Waals surface area contributed by atoms with E-state index in [1.54, 1.807) is 5.57 Å². The highest BCUT2D eigenvalue weighted by Crippen LogP contribution is 2.51. The zero-order chi connectivity index (χ0) is 24.2. The minimum absolute atomic E-state index is 0.328. The van der Waals surface area contributed by atoms with Crippen molar-refractivity contribution in [1.29, 1.82) is 0 Å². The molecule has 3 atom stereocenters. The molecule has 2 heteroatoms. The van der Waals surface area contributed by atoms with Crippen molar-refractivity contribution in [2.24, 2.45) is 11.8 Å². The van der Waals surface area contributed by atoms with Gasteiger partial charge in [0.15, 0.2) is 5.78 Å². The van der Waals surface area contributed by atoms with Crippen LogP contribution in [0.15, 0.2) is 36.4 Å². The van der Waals surface area contributed by atoms with Gasteiger partial charge in [-0.1, -0.05) is 71.4 Å². The Hall–Kier alpha value is -2.19. The summed E-state index contributed by atoms with van der Waals surface area (Å²) in [5.74, 6) is 2.17. The van der Waals surface area contributed by atoms with Crippen LogP contribution in [0.5, 0.6) is 0 Å². The van der Waals surface area contributed by atoms with Gasteiger partial charge in [0, 0.05) is 17.9 Å². The van der Waals surface area contributed by atoms with Crippen molar-refractivity contribution in [2.45, 2.75) is 85.5 Å². The first-order valence-electron chi connectivity index (χ1n) is 13.8. The number of carbonyl (C=O) groups excluding carboxylic acids is 1. The minimum Gasteiger partial charge on any atom is -0.317 e. The van der Waals surface area contributed by atoms with Gasteiger partial charge in [0.05, 0.1) is 0 Å². The van der Waals surface area contributed by atoms with Gasteiger partial charge in [0.2, 0.25) is 0 Å². The minimum atomic E-state index is 0.328. The molecule has 34 heavy (non-hydrogen) atoms. The second-order valence-electron chi connectivity index (χ2n) is 10.4. The Morgan fingerprint density at radius 3 is 2.35 bits per heavy atom. The maximum atomic E-state index is 12.4. The SMILES string of the molecule is CCCC1c2ccc(C3=CC(C)CCC3CC)cc2-c2c1ccc1c2CCC1=O.CCNCC. The molecule has 0 heterocycles. The first-order chi connectivity index (χ1) is 16.5. The Kier molecular flexibility index (Phi) is 8.09. The number of hydrogen-bond acceptors (Lipinski definition) is 2. The van der Waals surface area contributed by atoms with Gasteiger partial charge in [-0.15, -0.1) is 0 Å². The summed E-state index contributed by atoms with van der Waals surface area (Å²) in [4.78, 5) is 12.4. The average molecular weight is 458 g/mol. The first kappa shape index (κ1) is 24.9. The third-order valence-corrected chi connectivity index (χ3v) is 8.10. The van der Waals surface area contributed by atoms with E-state index in [4.69, 9.17) is 0 Å². The number of nitrogens with one attached hydrogen (secondary N) is 1. The van der Waals surface area contributed by atoms with Gasteiger partial charge in [-0.05, 0) is 102 Å². The van der Waals surface area contributed by atoms with Crippen LogP contribution >= 0.6 is 0 Å². The molecular formula is C32H43NO. The summed E-state index contributed by atoms with van der Waals surface area (Å²) in [6, 6.07) is 11.6. The van der Waals surface area contributed by atoms with E-state index < -0.39 is 0 Å². The van der Waals surface area contributed by atoms with Crippen molar-refractivity contribution >= 4 is 11.4 Å². The molecule has 3 aliphatic rings. The zero-order valence-electron chi connectivity index (χ0n) is 22.0. The molecule has 0 aromatic heterocycles. The van der Waals surface area contributed by atoms with Crippen molar-refractivity contribution in [3.8, 4) is 11.1 Å². The summed E-state index contributed by atoms with van der Waals surface area (Å²) in [5.41, 5.74) is 11.0. The van der Waals surface area contributed by atoms with Crippen molar-refractivity contribution in [3.05, 3.63) is 64.2 Å². The van der Waals surface area contributed by atoms with Crippen LogP contribution in [0.2, 0.25) is 0 Å². The summed E-state index contributed by atoms with van der Waals surface area (Å²) >= 11 is 0. The number of allylic oxidation sites excluding steroid dienone is 2. The van der Waals surface area contributed by atoms with Crippen LogP contribution in [0, 0.1) is 11.8 Å². The third-order valence-electron chi connectivity index (χ3n) is 8.10. The summed E-state index contributed by atoms with van der Waals surface area (Å²) in [6.07, 6.45) is 10.3. The van der Waals surface area contributed by atoms with E-state index in [9.17, 15) is 4.79 Å². The number of carbonyl (C=O) groups is 1. The molecule has 0 saturated carbocycles. The lowest BCUT2D eigenvalue weighted by Crippen LogP contribution is -2.11. The number of fused-ring (bicyclic) bond motifs is 5. The van der Waals surface area contributed by atoms with Gasteiger partial charge in [-0.2, -0.15) is 0 Å². The van der Waals surface area contributed by atoms with Gasteiger partial charge in [-0.3, -0.25) is 4.79 Å². The van der Waals surface area contributed by atoms with Gasteiger partial charge in [0.1, 0.15) is 0 Å². The predicted octanol–water partition coefficient (Wildman–Crippen LogP) is 8.18. The summed E-state index contributed by atoms with van der Waals surface area (Å²) in [6.45, 7) is 13.3. The number of hydrogen-bond donors (Lipinski definition) is 1. The van der Waals surface area contributed by atoms with Crippen LogP contribution in [-0.4, -0.2) is 18.9 Å². The molecule has 0 aliphatic heterocycles. The molecular weight excluding hydrogens is 414 g/mol. The largest absolute Gasteiger partial charge is 0.317 e. The van der Waals surface area contributed by atoms with E-state index in [0.717, 1.165) is 25.1 Å². The molecule has 1 N–H and O–H groups in total. The summed E-state index contributed by atoms with van der Waals surface area (Å²) in [7, 11) is 0. The van der Waals surface area contributed by atoms with Gasteiger partial charge >= 0.3 is 0 Å². The van der Waals surface area contributed by atoms with E-state index in [2.05, 4.69) is 76.3 Å². The monoisotopic (exact) mass is 457 g/mol. The third kappa shape index (κ3) is 4.67. The normalized spacial score (nSPS) is 22.4. The molecule has 2 aromatic carbocycles. The van der Waals surface area contributed by atoms with Crippen LogP contribution in [0.1, 0.15) is 112 Å². The predicted molar refractivity (Wildman–Crippen MR) is 146 cm³/mol. The van der Waals surface area contributed by atoms with Crippen molar-refractivity contribution in [1.82, 2.24) is 5.32 Å². The van der Waals surface area contributed by atoms with Crippen LogP contribution < -0.4 is 5.32 Å². The van der Waals surface area contributed by atoms with Gasteiger partial charge < -0.3 is 5.32 Å². The Labute approximate surface area is 207 Å². The Balaban J connectivity index is 0.000000499. The zero-order valence-corrected chi connectivity index (χ0v) is 22.0. The van der Waals surface area contributed by atoms with Gasteiger partial charge in [-0.25, -0.2) is 0 Å². The van der Waals surface area contributed by atoms with Crippen molar-refractivity contribution in [2.75, 3.05) is 13.1 Å². The summed E-state index contributed by atoms with van der Waals surface area (Å²) in [5, 5.41) is 3.11. The molecule has 0 amide bonds. The molecule has 0 bridgehead atoms. The number of Topliss-reactive ketones (excluding diaryl/α,β-unsaturated/α-hetero) is 1.